The Kier molecular flexibility index (Phi) is 4.95. The number of phenolic OH excluding ortho intramolecular Hbond substituents is 1. The number of carbonyl (C=O) groups excluding carboxylic acids is 1. The Bertz CT molecular complexity index is 638. The molecule has 4 nitrogen and oxygen atoms in total. The largest absolute Gasteiger partial charge is 0.508 e. The number of phenols is 1. The molecule has 0 atom stereocenters. The Morgan fingerprint density at radius 3 is 2.67 bits per heavy atom. The highest BCUT2D eigenvalue weighted by Gasteiger charge is 2.04. The van der Waals surface area contributed by atoms with Gasteiger partial charge in [-0.05, 0) is 41.3 Å². The monoisotopic (exact) mass is 284 g/mol. The summed E-state index contributed by atoms with van der Waals surface area (Å²) >= 11 is 0. The molecule has 2 aromatic rings. The second kappa shape index (κ2) is 6.90. The van der Waals surface area contributed by atoms with Gasteiger partial charge >= 0.3 is 0 Å². The number of benzene rings is 2. The minimum Gasteiger partial charge on any atom is -0.508 e. The van der Waals surface area contributed by atoms with E-state index in [2.05, 4.69) is 5.32 Å². The number of nitrogens with one attached hydrogen (secondary N) is 1. The molecule has 0 heterocycles. The summed E-state index contributed by atoms with van der Waals surface area (Å²) in [5, 5.41) is 12.6. The number of aryl methyl sites for hydroxylation is 1. The maximum Gasteiger partial charge on any atom is 0.221 e. The first-order chi connectivity index (χ1) is 10.1. The van der Waals surface area contributed by atoms with E-state index in [0.717, 1.165) is 22.3 Å². The van der Waals surface area contributed by atoms with E-state index in [1.165, 1.54) is 0 Å². The van der Waals surface area contributed by atoms with E-state index in [9.17, 15) is 9.90 Å². The van der Waals surface area contributed by atoms with Crippen molar-refractivity contribution >= 4 is 5.91 Å². The quantitative estimate of drug-likeness (QED) is 0.789. The van der Waals surface area contributed by atoms with Gasteiger partial charge in [0, 0.05) is 19.5 Å². The van der Waals surface area contributed by atoms with E-state index < -0.39 is 0 Å². The van der Waals surface area contributed by atoms with Crippen LogP contribution in [0.3, 0.4) is 0 Å². The molecule has 0 aliphatic heterocycles. The van der Waals surface area contributed by atoms with Gasteiger partial charge < -0.3 is 16.2 Å². The second-order valence-electron chi connectivity index (χ2n) is 5.02. The molecule has 0 fully saturated rings. The number of carbonyl (C=O) groups is 1. The minimum absolute atomic E-state index is 0.0455. The standard InChI is InChI=1S/C17H20N2O2/c1-12-5-6-15(10-16(12)20)14-4-2-3-13(9-14)11-19-17(21)7-8-18/h2-6,9-10,20H,7-8,11,18H2,1H3,(H,19,21). The number of aromatic hydroxyl groups is 1. The molecule has 0 bridgehead atoms. The zero-order valence-electron chi connectivity index (χ0n) is 12.1. The van der Waals surface area contributed by atoms with Crippen LogP contribution in [0.5, 0.6) is 5.75 Å². The van der Waals surface area contributed by atoms with Gasteiger partial charge in [-0.15, -0.1) is 0 Å². The second-order valence-corrected chi connectivity index (χ2v) is 5.02. The molecule has 0 saturated heterocycles. The maximum atomic E-state index is 11.4. The van der Waals surface area contributed by atoms with Gasteiger partial charge in [-0.3, -0.25) is 4.79 Å². The normalized spacial score (nSPS) is 10.4. The molecule has 0 saturated carbocycles. The van der Waals surface area contributed by atoms with E-state index in [1.54, 1.807) is 6.07 Å². The number of nitrogens with two attached hydrogens (primary N) is 1. The van der Waals surface area contributed by atoms with Crippen molar-refractivity contribution in [2.45, 2.75) is 19.9 Å². The fourth-order valence-electron chi connectivity index (χ4n) is 2.07. The van der Waals surface area contributed by atoms with Crippen molar-refractivity contribution in [3.8, 4) is 16.9 Å². The van der Waals surface area contributed by atoms with Crippen LogP contribution in [0.15, 0.2) is 42.5 Å². The van der Waals surface area contributed by atoms with Crippen molar-refractivity contribution in [3.63, 3.8) is 0 Å². The molecule has 0 aliphatic rings. The Balaban J connectivity index is 2.13. The molecule has 4 N–H and O–H groups in total. The summed E-state index contributed by atoms with van der Waals surface area (Å²) in [6.45, 7) is 2.70. The van der Waals surface area contributed by atoms with Crippen LogP contribution in [-0.2, 0) is 11.3 Å². The van der Waals surface area contributed by atoms with Crippen molar-refractivity contribution in [1.82, 2.24) is 5.32 Å². The van der Waals surface area contributed by atoms with Crippen LogP contribution in [0.2, 0.25) is 0 Å². The van der Waals surface area contributed by atoms with Crippen molar-refractivity contribution in [3.05, 3.63) is 53.6 Å². The third kappa shape index (κ3) is 4.07. The van der Waals surface area contributed by atoms with Gasteiger partial charge in [0.25, 0.3) is 0 Å². The molecule has 2 rings (SSSR count). The van der Waals surface area contributed by atoms with Gasteiger partial charge in [0.1, 0.15) is 5.75 Å². The van der Waals surface area contributed by atoms with Gasteiger partial charge in [-0.2, -0.15) is 0 Å². The lowest BCUT2D eigenvalue weighted by Crippen LogP contribution is -2.24. The van der Waals surface area contributed by atoms with E-state index in [-0.39, 0.29) is 11.7 Å². The van der Waals surface area contributed by atoms with Gasteiger partial charge in [-0.1, -0.05) is 30.3 Å². The average Bonchev–Trinajstić information content (AvgIpc) is 2.49. The van der Waals surface area contributed by atoms with Crippen LogP contribution in [0.1, 0.15) is 17.5 Å². The van der Waals surface area contributed by atoms with Crippen molar-refractivity contribution < 1.29 is 9.90 Å². The summed E-state index contributed by atoms with van der Waals surface area (Å²) in [5.41, 5.74) is 9.17. The Morgan fingerprint density at radius 2 is 1.95 bits per heavy atom. The van der Waals surface area contributed by atoms with Crippen LogP contribution in [0.4, 0.5) is 0 Å². The first kappa shape index (κ1) is 15.1. The van der Waals surface area contributed by atoms with Gasteiger partial charge in [-0.25, -0.2) is 0 Å². The number of rotatable bonds is 5. The number of amides is 1. The first-order valence-electron chi connectivity index (χ1n) is 6.96. The highest BCUT2D eigenvalue weighted by molar-refractivity contribution is 5.76. The molecule has 2 aromatic carbocycles. The van der Waals surface area contributed by atoms with E-state index >= 15 is 0 Å². The SMILES string of the molecule is Cc1ccc(-c2cccc(CNC(=O)CCN)c2)cc1O. The van der Waals surface area contributed by atoms with Crippen LogP contribution < -0.4 is 11.1 Å². The lowest BCUT2D eigenvalue weighted by molar-refractivity contribution is -0.121. The highest BCUT2D eigenvalue weighted by Crippen LogP contribution is 2.26. The molecule has 0 spiro atoms. The van der Waals surface area contributed by atoms with Crippen LogP contribution in [0, 0.1) is 6.92 Å². The molecule has 0 aromatic heterocycles. The van der Waals surface area contributed by atoms with Crippen LogP contribution >= 0.6 is 0 Å². The predicted molar refractivity (Wildman–Crippen MR) is 83.8 cm³/mol. The van der Waals surface area contributed by atoms with Crippen molar-refractivity contribution in [1.29, 1.82) is 0 Å². The molecule has 21 heavy (non-hydrogen) atoms. The molecular weight excluding hydrogens is 264 g/mol. The maximum absolute atomic E-state index is 11.4. The van der Waals surface area contributed by atoms with Crippen molar-refractivity contribution in [2.75, 3.05) is 6.54 Å². The number of hydrogen-bond donors (Lipinski definition) is 3. The van der Waals surface area contributed by atoms with Gasteiger partial charge in [0.2, 0.25) is 5.91 Å². The number of hydrogen-bond acceptors (Lipinski definition) is 3. The fourth-order valence-corrected chi connectivity index (χ4v) is 2.07. The summed E-state index contributed by atoms with van der Waals surface area (Å²) < 4.78 is 0. The highest BCUT2D eigenvalue weighted by atomic mass is 16.3. The Morgan fingerprint density at radius 1 is 1.19 bits per heavy atom. The zero-order valence-corrected chi connectivity index (χ0v) is 12.1. The first-order valence-corrected chi connectivity index (χ1v) is 6.96. The molecule has 0 radical (unpaired) electrons. The predicted octanol–water partition coefficient (Wildman–Crippen LogP) is 2.33. The summed E-state index contributed by atoms with van der Waals surface area (Å²) in [6, 6.07) is 13.5. The fraction of sp³-hybridized carbons (Fsp3) is 0.235. The average molecular weight is 284 g/mol. The summed E-state index contributed by atoms with van der Waals surface area (Å²) in [6.07, 6.45) is 0.339. The molecule has 0 unspecified atom stereocenters. The summed E-state index contributed by atoms with van der Waals surface area (Å²) in [5.74, 6) is 0.241. The molecule has 4 heteroatoms. The molecule has 0 aliphatic carbocycles. The molecular formula is C17H20N2O2. The summed E-state index contributed by atoms with van der Waals surface area (Å²) in [7, 11) is 0. The smallest absolute Gasteiger partial charge is 0.221 e. The third-order valence-electron chi connectivity index (χ3n) is 3.33. The van der Waals surface area contributed by atoms with Gasteiger partial charge in [0.05, 0.1) is 0 Å². The van der Waals surface area contributed by atoms with E-state index in [0.29, 0.717) is 19.5 Å². The molecule has 1 amide bonds. The van der Waals surface area contributed by atoms with Crippen LogP contribution in [0.25, 0.3) is 11.1 Å². The lowest BCUT2D eigenvalue weighted by atomic mass is 10.0. The van der Waals surface area contributed by atoms with Crippen LogP contribution in [-0.4, -0.2) is 17.6 Å². The Hall–Kier alpha value is -2.33. The minimum atomic E-state index is -0.0455. The zero-order chi connectivity index (χ0) is 15.2. The van der Waals surface area contributed by atoms with Gasteiger partial charge in [0.15, 0.2) is 0 Å². The summed E-state index contributed by atoms with van der Waals surface area (Å²) in [4.78, 5) is 11.4. The van der Waals surface area contributed by atoms with E-state index in [4.69, 9.17) is 5.73 Å². The molecule has 110 valence electrons. The Labute approximate surface area is 124 Å². The lowest BCUT2D eigenvalue weighted by Gasteiger charge is -2.08. The topological polar surface area (TPSA) is 75.4 Å². The van der Waals surface area contributed by atoms with Crippen molar-refractivity contribution in [2.24, 2.45) is 5.73 Å². The third-order valence-corrected chi connectivity index (χ3v) is 3.33. The van der Waals surface area contributed by atoms with E-state index in [1.807, 2.05) is 43.3 Å².